The third kappa shape index (κ3) is 4.46. The van der Waals surface area contributed by atoms with Crippen LogP contribution in [-0.4, -0.2) is 44.7 Å². The van der Waals surface area contributed by atoms with Gasteiger partial charge in [0.15, 0.2) is 0 Å². The first-order valence-corrected chi connectivity index (χ1v) is 11.5. The molecule has 3 rings (SSSR count). The van der Waals surface area contributed by atoms with Gasteiger partial charge in [0, 0.05) is 5.69 Å². The number of sulfonamides is 1. The monoisotopic (exact) mass is 393 g/mol. The zero-order valence-corrected chi connectivity index (χ0v) is 17.4. The molecule has 27 heavy (non-hydrogen) atoms. The fraction of sp³-hybridized carbons (Fsp3) is 0.650. The summed E-state index contributed by atoms with van der Waals surface area (Å²) in [5.74, 6) is 0. The fourth-order valence-corrected chi connectivity index (χ4v) is 4.98. The van der Waals surface area contributed by atoms with E-state index in [4.69, 9.17) is 0 Å². The molecule has 2 aliphatic rings. The maximum absolute atomic E-state index is 12.5. The van der Waals surface area contributed by atoms with Gasteiger partial charge in [-0.1, -0.05) is 13.0 Å². The summed E-state index contributed by atoms with van der Waals surface area (Å²) in [4.78, 5) is 14.6. The van der Waals surface area contributed by atoms with E-state index < -0.39 is 21.3 Å². The average molecular weight is 394 g/mol. The van der Waals surface area contributed by atoms with Crippen LogP contribution in [0, 0.1) is 0 Å². The lowest BCUT2D eigenvalue weighted by Gasteiger charge is -2.20. The largest absolute Gasteiger partial charge is 0.332 e. The third-order valence-electron chi connectivity index (χ3n) is 5.93. The molecule has 7 heteroatoms. The maximum atomic E-state index is 12.5. The van der Waals surface area contributed by atoms with E-state index >= 15 is 0 Å². The zero-order chi connectivity index (χ0) is 19.6. The number of carbonyl (C=O) groups excluding carboxylic acids is 1. The summed E-state index contributed by atoms with van der Waals surface area (Å²) >= 11 is 0. The van der Waals surface area contributed by atoms with Gasteiger partial charge < -0.3 is 10.2 Å². The van der Waals surface area contributed by atoms with Crippen molar-refractivity contribution in [2.24, 2.45) is 0 Å². The SMILES string of the molecule is CCN(C)CCC(C)S(=O)(=O)NC(=O)Nc1c2c(cc3c1CCC3)CCC2. The number of hydrogen-bond donors (Lipinski definition) is 2. The van der Waals surface area contributed by atoms with Gasteiger partial charge in [-0.15, -0.1) is 0 Å². The van der Waals surface area contributed by atoms with Crippen LogP contribution in [0.15, 0.2) is 6.07 Å². The van der Waals surface area contributed by atoms with Gasteiger partial charge in [0.2, 0.25) is 10.0 Å². The summed E-state index contributed by atoms with van der Waals surface area (Å²) in [6, 6.07) is 1.65. The standard InChI is InChI=1S/C20H31N3O3S/c1-4-23(3)12-11-14(2)27(25,26)22-20(24)21-19-17-9-5-7-15(17)13-16-8-6-10-18(16)19/h13-14H,4-12H2,1-3H3,(H2,21,22,24). The highest BCUT2D eigenvalue weighted by Gasteiger charge is 2.27. The minimum Gasteiger partial charge on any atom is -0.307 e. The molecule has 1 aromatic carbocycles. The van der Waals surface area contributed by atoms with E-state index in [-0.39, 0.29) is 0 Å². The van der Waals surface area contributed by atoms with E-state index in [0.717, 1.165) is 50.8 Å². The number of aryl methyl sites for hydroxylation is 2. The molecule has 0 saturated heterocycles. The first-order valence-electron chi connectivity index (χ1n) is 9.99. The summed E-state index contributed by atoms with van der Waals surface area (Å²) in [5, 5.41) is 2.27. The normalized spacial score (nSPS) is 16.9. The fourth-order valence-electron chi connectivity index (χ4n) is 4.05. The molecule has 6 nitrogen and oxygen atoms in total. The molecule has 0 spiro atoms. The van der Waals surface area contributed by atoms with Crippen LogP contribution in [0.4, 0.5) is 10.5 Å². The molecule has 1 atom stereocenters. The summed E-state index contributed by atoms with van der Waals surface area (Å²) in [7, 11) is -1.75. The van der Waals surface area contributed by atoms with Gasteiger partial charge in [-0.3, -0.25) is 0 Å². The lowest BCUT2D eigenvalue weighted by molar-refractivity contribution is 0.256. The highest BCUT2D eigenvalue weighted by atomic mass is 32.2. The van der Waals surface area contributed by atoms with E-state index in [2.05, 4.69) is 21.0 Å². The molecule has 0 aliphatic heterocycles. The summed E-state index contributed by atoms with van der Waals surface area (Å²) < 4.78 is 27.3. The highest BCUT2D eigenvalue weighted by Crippen LogP contribution is 2.38. The van der Waals surface area contributed by atoms with E-state index in [9.17, 15) is 13.2 Å². The molecule has 0 saturated carbocycles. The summed E-state index contributed by atoms with van der Waals surface area (Å²) in [6.45, 7) is 5.23. The van der Waals surface area contributed by atoms with Crippen LogP contribution in [0.2, 0.25) is 0 Å². The second kappa shape index (κ2) is 8.19. The first kappa shape index (κ1) is 20.1. The van der Waals surface area contributed by atoms with E-state index in [1.807, 2.05) is 14.0 Å². The molecule has 2 aliphatic carbocycles. The van der Waals surface area contributed by atoms with Crippen LogP contribution in [0.5, 0.6) is 0 Å². The van der Waals surface area contributed by atoms with Gasteiger partial charge in [-0.25, -0.2) is 17.9 Å². The van der Waals surface area contributed by atoms with Crippen molar-refractivity contribution in [1.82, 2.24) is 9.62 Å². The second-order valence-corrected chi connectivity index (χ2v) is 9.93. The molecular formula is C20H31N3O3S. The lowest BCUT2D eigenvalue weighted by atomic mass is 9.99. The molecule has 2 N–H and O–H groups in total. The van der Waals surface area contributed by atoms with E-state index in [0.29, 0.717) is 13.0 Å². The Morgan fingerprint density at radius 1 is 1.15 bits per heavy atom. The Kier molecular flexibility index (Phi) is 6.11. The van der Waals surface area contributed by atoms with Crippen molar-refractivity contribution in [2.45, 2.75) is 64.0 Å². The van der Waals surface area contributed by atoms with Crippen molar-refractivity contribution >= 4 is 21.7 Å². The van der Waals surface area contributed by atoms with Crippen LogP contribution < -0.4 is 10.0 Å². The predicted molar refractivity (Wildman–Crippen MR) is 109 cm³/mol. The van der Waals surface area contributed by atoms with Crippen LogP contribution in [0.3, 0.4) is 0 Å². The molecule has 0 heterocycles. The summed E-state index contributed by atoms with van der Waals surface area (Å²) in [6.07, 6.45) is 6.65. The van der Waals surface area contributed by atoms with Crippen LogP contribution in [0.1, 0.15) is 55.4 Å². The predicted octanol–water partition coefficient (Wildman–Crippen LogP) is 2.85. The number of anilines is 1. The summed E-state index contributed by atoms with van der Waals surface area (Å²) in [5.41, 5.74) is 5.87. The Morgan fingerprint density at radius 2 is 1.74 bits per heavy atom. The van der Waals surface area contributed by atoms with Crippen molar-refractivity contribution in [2.75, 3.05) is 25.5 Å². The molecule has 1 aromatic rings. The number of rotatable bonds is 7. The lowest BCUT2D eigenvalue weighted by Crippen LogP contribution is -2.41. The number of carbonyl (C=O) groups is 1. The van der Waals surface area contributed by atoms with Crippen molar-refractivity contribution in [1.29, 1.82) is 0 Å². The van der Waals surface area contributed by atoms with Crippen molar-refractivity contribution < 1.29 is 13.2 Å². The number of benzene rings is 1. The molecule has 2 amide bonds. The smallest absolute Gasteiger partial charge is 0.307 e. The van der Waals surface area contributed by atoms with E-state index in [1.54, 1.807) is 6.92 Å². The van der Waals surface area contributed by atoms with Gasteiger partial charge in [0.05, 0.1) is 5.25 Å². The van der Waals surface area contributed by atoms with Gasteiger partial charge in [-0.2, -0.15) is 0 Å². The molecule has 150 valence electrons. The number of amides is 2. The number of nitrogens with zero attached hydrogens (tertiary/aromatic N) is 1. The molecule has 1 unspecified atom stereocenters. The van der Waals surface area contributed by atoms with Crippen molar-refractivity contribution in [3.63, 3.8) is 0 Å². The second-order valence-electron chi connectivity index (χ2n) is 7.83. The third-order valence-corrected chi connectivity index (χ3v) is 7.70. The number of fused-ring (bicyclic) bond motifs is 2. The Morgan fingerprint density at radius 3 is 2.30 bits per heavy atom. The Labute approximate surface area is 162 Å². The number of urea groups is 1. The zero-order valence-electron chi connectivity index (χ0n) is 16.6. The quantitative estimate of drug-likeness (QED) is 0.747. The van der Waals surface area contributed by atoms with Crippen LogP contribution in [-0.2, 0) is 35.7 Å². The van der Waals surface area contributed by atoms with Gasteiger partial charge in [0.1, 0.15) is 0 Å². The van der Waals surface area contributed by atoms with Crippen LogP contribution in [0.25, 0.3) is 0 Å². The molecule has 0 radical (unpaired) electrons. The number of hydrogen-bond acceptors (Lipinski definition) is 4. The molecule has 0 fully saturated rings. The molecule has 0 bridgehead atoms. The van der Waals surface area contributed by atoms with E-state index in [1.165, 1.54) is 22.3 Å². The molecular weight excluding hydrogens is 362 g/mol. The minimum absolute atomic E-state index is 0.489. The topological polar surface area (TPSA) is 78.5 Å². The minimum atomic E-state index is -3.70. The average Bonchev–Trinajstić information content (AvgIpc) is 3.27. The van der Waals surface area contributed by atoms with Crippen LogP contribution >= 0.6 is 0 Å². The van der Waals surface area contributed by atoms with Crippen molar-refractivity contribution in [3.8, 4) is 0 Å². The maximum Gasteiger partial charge on any atom is 0.332 e. The highest BCUT2D eigenvalue weighted by molar-refractivity contribution is 7.90. The Balaban J connectivity index is 1.70. The van der Waals surface area contributed by atoms with Gasteiger partial charge in [0.25, 0.3) is 0 Å². The van der Waals surface area contributed by atoms with Gasteiger partial charge in [-0.05, 0) is 94.3 Å². The molecule has 0 aromatic heterocycles. The van der Waals surface area contributed by atoms with Gasteiger partial charge >= 0.3 is 6.03 Å². The Bertz CT molecular complexity index is 788. The number of nitrogens with one attached hydrogen (secondary N) is 2. The van der Waals surface area contributed by atoms with Crippen molar-refractivity contribution in [3.05, 3.63) is 28.3 Å². The first-order chi connectivity index (χ1) is 12.8. The Hall–Kier alpha value is -1.60.